The topological polar surface area (TPSA) is 54.7 Å². The van der Waals surface area contributed by atoms with Crippen molar-refractivity contribution in [3.63, 3.8) is 0 Å². The lowest BCUT2D eigenvalue weighted by Gasteiger charge is -2.08. The molecule has 0 fully saturated rings. The Morgan fingerprint density at radius 3 is 2.68 bits per heavy atom. The van der Waals surface area contributed by atoms with E-state index in [1.54, 1.807) is 12.1 Å². The minimum absolute atomic E-state index is 0.0834. The summed E-state index contributed by atoms with van der Waals surface area (Å²) in [5.74, 6) is 0. The zero-order valence-corrected chi connectivity index (χ0v) is 15.4. The van der Waals surface area contributed by atoms with Crippen LogP contribution < -0.4 is 5.73 Å². The van der Waals surface area contributed by atoms with Gasteiger partial charge in [0.1, 0.15) is 11.1 Å². The standard InChI is InChI=1S/C19H13Cl2N3S/c20-15-6-5-12(17(21)8-15)10-24-11-14(7-13(9-22)19(23)25)16-3-1-2-4-18(16)24/h1-8,11H,10H2,(H2,23,25). The monoisotopic (exact) mass is 385 g/mol. The van der Waals surface area contributed by atoms with Gasteiger partial charge in [-0.25, -0.2) is 0 Å². The molecular formula is C19H13Cl2N3S. The lowest BCUT2D eigenvalue weighted by Crippen LogP contribution is -2.09. The lowest BCUT2D eigenvalue weighted by molar-refractivity contribution is 0.836. The Morgan fingerprint density at radius 2 is 2.00 bits per heavy atom. The zero-order valence-electron chi connectivity index (χ0n) is 13.0. The number of aromatic nitrogens is 1. The number of nitrogens with zero attached hydrogens (tertiary/aromatic N) is 2. The molecule has 0 radical (unpaired) electrons. The van der Waals surface area contributed by atoms with E-state index in [1.165, 1.54) is 0 Å². The number of hydrogen-bond donors (Lipinski definition) is 1. The molecule has 2 N–H and O–H groups in total. The average Bonchev–Trinajstić information content (AvgIpc) is 2.93. The molecule has 0 spiro atoms. The molecule has 0 saturated carbocycles. The number of hydrogen-bond acceptors (Lipinski definition) is 2. The van der Waals surface area contributed by atoms with Gasteiger partial charge in [-0.15, -0.1) is 0 Å². The molecule has 1 heterocycles. The van der Waals surface area contributed by atoms with Gasteiger partial charge in [-0.3, -0.25) is 0 Å². The maximum atomic E-state index is 9.21. The van der Waals surface area contributed by atoms with Gasteiger partial charge in [0.2, 0.25) is 0 Å². The van der Waals surface area contributed by atoms with Crippen LogP contribution in [0.4, 0.5) is 0 Å². The number of para-hydroxylation sites is 1. The minimum Gasteiger partial charge on any atom is -0.389 e. The summed E-state index contributed by atoms with van der Waals surface area (Å²) in [7, 11) is 0. The number of fused-ring (bicyclic) bond motifs is 1. The van der Waals surface area contributed by atoms with Gasteiger partial charge < -0.3 is 10.3 Å². The van der Waals surface area contributed by atoms with Gasteiger partial charge in [0.15, 0.2) is 0 Å². The van der Waals surface area contributed by atoms with Crippen LogP contribution in [0.25, 0.3) is 17.0 Å². The molecule has 0 bridgehead atoms. The first-order chi connectivity index (χ1) is 12.0. The second-order valence-electron chi connectivity index (χ2n) is 5.50. The summed E-state index contributed by atoms with van der Waals surface area (Å²) in [6.07, 6.45) is 3.68. The molecule has 3 nitrogen and oxygen atoms in total. The fraction of sp³-hybridized carbons (Fsp3) is 0.0526. The van der Waals surface area contributed by atoms with E-state index in [2.05, 4.69) is 4.57 Å². The zero-order chi connectivity index (χ0) is 18.0. The number of benzene rings is 2. The molecule has 124 valence electrons. The summed E-state index contributed by atoms with van der Waals surface area (Å²) in [6, 6.07) is 15.4. The number of nitriles is 1. The van der Waals surface area contributed by atoms with Crippen molar-refractivity contribution in [2.24, 2.45) is 5.73 Å². The van der Waals surface area contributed by atoms with Crippen molar-refractivity contribution < 1.29 is 0 Å². The van der Waals surface area contributed by atoms with E-state index in [-0.39, 0.29) is 10.6 Å². The molecular weight excluding hydrogens is 373 g/mol. The average molecular weight is 386 g/mol. The van der Waals surface area contributed by atoms with E-state index in [0.717, 1.165) is 22.0 Å². The van der Waals surface area contributed by atoms with Crippen LogP contribution in [0.15, 0.2) is 54.2 Å². The molecule has 0 unspecified atom stereocenters. The smallest absolute Gasteiger partial charge is 0.114 e. The Kier molecular flexibility index (Phi) is 5.10. The van der Waals surface area contributed by atoms with Crippen LogP contribution in [0.5, 0.6) is 0 Å². The third kappa shape index (κ3) is 3.69. The van der Waals surface area contributed by atoms with Gasteiger partial charge in [-0.05, 0) is 29.8 Å². The van der Waals surface area contributed by atoms with Gasteiger partial charge in [-0.2, -0.15) is 5.26 Å². The highest BCUT2D eigenvalue weighted by Crippen LogP contribution is 2.27. The maximum Gasteiger partial charge on any atom is 0.114 e. The summed E-state index contributed by atoms with van der Waals surface area (Å²) in [4.78, 5) is 0.0834. The fourth-order valence-electron chi connectivity index (χ4n) is 2.67. The van der Waals surface area contributed by atoms with Crippen LogP contribution in [0.1, 0.15) is 11.1 Å². The molecule has 0 atom stereocenters. The highest BCUT2D eigenvalue weighted by atomic mass is 35.5. The maximum absolute atomic E-state index is 9.21. The minimum atomic E-state index is 0.0834. The van der Waals surface area contributed by atoms with E-state index in [4.69, 9.17) is 41.2 Å². The van der Waals surface area contributed by atoms with Crippen molar-refractivity contribution in [3.8, 4) is 6.07 Å². The van der Waals surface area contributed by atoms with Crippen LogP contribution in [0.2, 0.25) is 10.0 Å². The molecule has 25 heavy (non-hydrogen) atoms. The van der Waals surface area contributed by atoms with Crippen molar-refractivity contribution in [1.82, 2.24) is 4.57 Å². The number of halogens is 2. The van der Waals surface area contributed by atoms with Crippen molar-refractivity contribution in [2.45, 2.75) is 6.54 Å². The molecule has 1 aromatic heterocycles. The number of nitrogens with two attached hydrogens (primary N) is 1. The van der Waals surface area contributed by atoms with Gasteiger partial charge in [-0.1, -0.05) is 59.7 Å². The summed E-state index contributed by atoms with van der Waals surface area (Å²) in [5.41, 5.74) is 8.75. The van der Waals surface area contributed by atoms with E-state index < -0.39 is 0 Å². The number of rotatable bonds is 4. The van der Waals surface area contributed by atoms with E-state index in [1.807, 2.05) is 48.7 Å². The normalized spacial score (nSPS) is 11.5. The third-order valence-corrected chi connectivity index (χ3v) is 4.67. The first kappa shape index (κ1) is 17.5. The Hall–Kier alpha value is -2.32. The summed E-state index contributed by atoms with van der Waals surface area (Å²) in [5, 5.41) is 11.4. The van der Waals surface area contributed by atoms with Crippen LogP contribution >= 0.6 is 35.4 Å². The summed E-state index contributed by atoms with van der Waals surface area (Å²) < 4.78 is 2.07. The van der Waals surface area contributed by atoms with Crippen LogP contribution in [0, 0.1) is 11.3 Å². The van der Waals surface area contributed by atoms with Crippen molar-refractivity contribution in [1.29, 1.82) is 5.26 Å². The van der Waals surface area contributed by atoms with Crippen molar-refractivity contribution in [2.75, 3.05) is 0 Å². The molecule has 0 aliphatic heterocycles. The van der Waals surface area contributed by atoms with Crippen LogP contribution in [0.3, 0.4) is 0 Å². The Balaban J connectivity index is 2.11. The van der Waals surface area contributed by atoms with Gasteiger partial charge in [0, 0.05) is 39.3 Å². The lowest BCUT2D eigenvalue weighted by atomic mass is 10.1. The molecule has 0 aliphatic carbocycles. The molecule has 3 rings (SSSR count). The van der Waals surface area contributed by atoms with Gasteiger partial charge >= 0.3 is 0 Å². The molecule has 0 amide bonds. The van der Waals surface area contributed by atoms with Crippen LogP contribution in [-0.2, 0) is 6.54 Å². The predicted octanol–water partition coefficient (Wildman–Crippen LogP) is 5.19. The molecule has 3 aromatic rings. The Morgan fingerprint density at radius 1 is 1.24 bits per heavy atom. The highest BCUT2D eigenvalue weighted by molar-refractivity contribution is 7.80. The van der Waals surface area contributed by atoms with Crippen LogP contribution in [-0.4, -0.2) is 9.56 Å². The highest BCUT2D eigenvalue weighted by Gasteiger charge is 2.10. The SMILES string of the molecule is N#CC(=Cc1cn(Cc2ccc(Cl)cc2Cl)c2ccccc12)C(N)=S. The largest absolute Gasteiger partial charge is 0.389 e. The summed E-state index contributed by atoms with van der Waals surface area (Å²) in [6.45, 7) is 0.583. The first-order valence-corrected chi connectivity index (χ1v) is 8.59. The molecule has 0 saturated heterocycles. The van der Waals surface area contributed by atoms with E-state index in [0.29, 0.717) is 16.6 Å². The summed E-state index contributed by atoms with van der Waals surface area (Å²) >= 11 is 17.2. The number of thiocarbonyl (C=S) groups is 1. The first-order valence-electron chi connectivity index (χ1n) is 7.43. The van der Waals surface area contributed by atoms with Crippen molar-refractivity contribution >= 4 is 57.4 Å². The molecule has 6 heteroatoms. The second-order valence-corrected chi connectivity index (χ2v) is 6.78. The second kappa shape index (κ2) is 7.28. The molecule has 2 aromatic carbocycles. The predicted molar refractivity (Wildman–Crippen MR) is 108 cm³/mol. The van der Waals surface area contributed by atoms with E-state index in [9.17, 15) is 5.26 Å². The molecule has 0 aliphatic rings. The Bertz CT molecular complexity index is 1040. The third-order valence-electron chi connectivity index (χ3n) is 3.86. The van der Waals surface area contributed by atoms with Gasteiger partial charge in [0.25, 0.3) is 0 Å². The fourth-order valence-corrected chi connectivity index (χ4v) is 3.24. The Labute approximate surface area is 160 Å². The van der Waals surface area contributed by atoms with Crippen molar-refractivity contribution in [3.05, 3.63) is 75.4 Å². The van der Waals surface area contributed by atoms with E-state index >= 15 is 0 Å². The quantitative estimate of drug-likeness (QED) is 0.381. The van der Waals surface area contributed by atoms with Gasteiger partial charge in [0.05, 0.1) is 5.57 Å².